The second kappa shape index (κ2) is 15.3. The van der Waals surface area contributed by atoms with Crippen LogP contribution in [-0.4, -0.2) is 52.9 Å². The van der Waals surface area contributed by atoms with Crippen molar-refractivity contribution in [3.05, 3.63) is 0 Å². The first-order valence-electron chi connectivity index (χ1n) is 12.2. The molecule has 0 aliphatic rings. The zero-order chi connectivity index (χ0) is 25.8. The van der Waals surface area contributed by atoms with Crippen molar-refractivity contribution in [2.75, 3.05) is 26.8 Å². The highest BCUT2D eigenvalue weighted by Gasteiger charge is 2.30. The van der Waals surface area contributed by atoms with Gasteiger partial charge in [0.1, 0.15) is 12.4 Å². The number of carbonyl (C=O) groups is 1. The van der Waals surface area contributed by atoms with Gasteiger partial charge < -0.3 is 14.2 Å². The lowest BCUT2D eigenvalue weighted by Gasteiger charge is -2.32. The first-order valence-corrected chi connectivity index (χ1v) is 14.0. The van der Waals surface area contributed by atoms with Crippen LogP contribution >= 0.6 is 0 Å². The van der Waals surface area contributed by atoms with Crippen LogP contribution in [-0.2, 0) is 33.3 Å². The molecule has 0 N–H and O–H groups in total. The molecular weight excluding hydrogens is 444 g/mol. The third-order valence-corrected chi connectivity index (χ3v) is 6.22. The standard InChI is InChI=1S/C25H50O7S/c1-18(11-12-30-17-29-9)14-21(4)24(32-33(10,27)28)22(5)15-19(2)13-20(3)16-23(26)31-25(6,7)8/h18-22,24H,11-17H2,1-10H3/t18-,19-,20+,21+,22-,24+/m1/s1. The van der Waals surface area contributed by atoms with Crippen LogP contribution in [0.15, 0.2) is 0 Å². The molecule has 198 valence electrons. The number of hydrogen-bond donors (Lipinski definition) is 0. The fourth-order valence-corrected chi connectivity index (χ4v) is 5.35. The van der Waals surface area contributed by atoms with Gasteiger partial charge in [0.2, 0.25) is 0 Å². The number of hydrogen-bond acceptors (Lipinski definition) is 7. The highest BCUT2D eigenvalue weighted by atomic mass is 32.2. The average Bonchev–Trinajstić information content (AvgIpc) is 2.60. The van der Waals surface area contributed by atoms with Gasteiger partial charge in [-0.1, -0.05) is 34.6 Å². The number of carbonyl (C=O) groups excluding carboxylic acids is 1. The number of rotatable bonds is 17. The van der Waals surface area contributed by atoms with Crippen LogP contribution in [0.25, 0.3) is 0 Å². The molecule has 0 unspecified atom stereocenters. The Kier molecular flexibility index (Phi) is 15.0. The second-order valence-corrected chi connectivity index (χ2v) is 12.7. The molecule has 0 saturated heterocycles. The van der Waals surface area contributed by atoms with Crippen LogP contribution in [0.1, 0.15) is 87.5 Å². The minimum Gasteiger partial charge on any atom is -0.460 e. The molecule has 0 spiro atoms. The highest BCUT2D eigenvalue weighted by molar-refractivity contribution is 7.86. The first kappa shape index (κ1) is 32.3. The molecule has 0 saturated carbocycles. The molecule has 0 aromatic carbocycles. The van der Waals surface area contributed by atoms with Gasteiger partial charge >= 0.3 is 5.97 Å². The van der Waals surface area contributed by atoms with Crippen molar-refractivity contribution < 1.29 is 31.6 Å². The van der Waals surface area contributed by atoms with Crippen LogP contribution in [0.5, 0.6) is 0 Å². The third kappa shape index (κ3) is 17.4. The molecule has 0 amide bonds. The van der Waals surface area contributed by atoms with Crippen LogP contribution in [0.2, 0.25) is 0 Å². The maximum absolute atomic E-state index is 12.1. The number of esters is 1. The van der Waals surface area contributed by atoms with Gasteiger partial charge in [0.15, 0.2) is 0 Å². The quantitative estimate of drug-likeness (QED) is 0.115. The van der Waals surface area contributed by atoms with E-state index in [-0.39, 0.29) is 36.6 Å². The van der Waals surface area contributed by atoms with E-state index in [0.29, 0.717) is 24.9 Å². The van der Waals surface area contributed by atoms with Gasteiger partial charge in [-0.05, 0) is 76.0 Å². The van der Waals surface area contributed by atoms with Crippen LogP contribution in [0.3, 0.4) is 0 Å². The lowest BCUT2D eigenvalue weighted by Crippen LogP contribution is -2.33. The summed E-state index contributed by atoms with van der Waals surface area (Å²) in [5, 5.41) is 0. The average molecular weight is 495 g/mol. The molecule has 0 bridgehead atoms. The summed E-state index contributed by atoms with van der Waals surface area (Å²) in [6.45, 7) is 17.0. The molecule has 0 aromatic heterocycles. The van der Waals surface area contributed by atoms with E-state index in [1.807, 2.05) is 20.8 Å². The van der Waals surface area contributed by atoms with Crippen molar-refractivity contribution in [1.29, 1.82) is 0 Å². The topological polar surface area (TPSA) is 88.1 Å². The fraction of sp³-hybridized carbons (Fsp3) is 0.960. The minimum atomic E-state index is -3.57. The molecule has 0 aliphatic heterocycles. The van der Waals surface area contributed by atoms with Crippen molar-refractivity contribution >= 4 is 16.1 Å². The summed E-state index contributed by atoms with van der Waals surface area (Å²) in [5.41, 5.74) is -0.476. The van der Waals surface area contributed by atoms with E-state index < -0.39 is 15.7 Å². The van der Waals surface area contributed by atoms with Crippen LogP contribution < -0.4 is 0 Å². The van der Waals surface area contributed by atoms with Crippen molar-refractivity contribution in [3.8, 4) is 0 Å². The van der Waals surface area contributed by atoms with E-state index in [4.69, 9.17) is 18.4 Å². The number of methoxy groups -OCH3 is 1. The van der Waals surface area contributed by atoms with Gasteiger partial charge in [0.05, 0.1) is 12.4 Å². The largest absolute Gasteiger partial charge is 0.460 e. The fourth-order valence-electron chi connectivity index (χ4n) is 4.57. The van der Waals surface area contributed by atoms with Gasteiger partial charge in [-0.15, -0.1) is 0 Å². The Labute approximate surface area is 203 Å². The van der Waals surface area contributed by atoms with Gasteiger partial charge in [0.25, 0.3) is 10.1 Å². The highest BCUT2D eigenvalue weighted by Crippen LogP contribution is 2.31. The molecular formula is C25H50O7S. The van der Waals surface area contributed by atoms with E-state index in [1.165, 1.54) is 0 Å². The molecule has 0 aromatic rings. The zero-order valence-electron chi connectivity index (χ0n) is 22.7. The van der Waals surface area contributed by atoms with Gasteiger partial charge in [-0.3, -0.25) is 8.98 Å². The normalized spacial score (nSPS) is 18.2. The summed E-state index contributed by atoms with van der Waals surface area (Å²) >= 11 is 0. The maximum Gasteiger partial charge on any atom is 0.306 e. The summed E-state index contributed by atoms with van der Waals surface area (Å²) in [5.74, 6) is 0.872. The summed E-state index contributed by atoms with van der Waals surface area (Å²) in [6, 6.07) is 0. The van der Waals surface area contributed by atoms with Crippen molar-refractivity contribution in [1.82, 2.24) is 0 Å². The third-order valence-electron chi connectivity index (χ3n) is 5.65. The summed E-state index contributed by atoms with van der Waals surface area (Å²) in [6.07, 6.45) is 4.56. The van der Waals surface area contributed by atoms with E-state index in [9.17, 15) is 13.2 Å². The first-order chi connectivity index (χ1) is 15.0. The lowest BCUT2D eigenvalue weighted by molar-refractivity contribution is -0.155. The zero-order valence-corrected chi connectivity index (χ0v) is 23.5. The van der Waals surface area contributed by atoms with Gasteiger partial charge in [0, 0.05) is 20.1 Å². The molecule has 6 atom stereocenters. The molecule has 0 heterocycles. The Hall–Kier alpha value is -0.700. The van der Waals surface area contributed by atoms with Crippen LogP contribution in [0.4, 0.5) is 0 Å². The predicted molar refractivity (Wildman–Crippen MR) is 132 cm³/mol. The van der Waals surface area contributed by atoms with E-state index >= 15 is 0 Å². The Morgan fingerprint density at radius 3 is 1.91 bits per heavy atom. The molecule has 0 aliphatic carbocycles. The van der Waals surface area contributed by atoms with Gasteiger partial charge in [-0.2, -0.15) is 8.42 Å². The molecule has 0 rings (SSSR count). The monoisotopic (exact) mass is 494 g/mol. The van der Waals surface area contributed by atoms with Crippen molar-refractivity contribution in [2.24, 2.45) is 29.6 Å². The van der Waals surface area contributed by atoms with E-state index in [0.717, 1.165) is 31.9 Å². The summed E-state index contributed by atoms with van der Waals surface area (Å²) in [7, 11) is -1.97. The SMILES string of the molecule is COCOCC[C@@H](C)C[C@H](C)[C@H](OS(C)(=O)=O)[C@H](C)C[C@H](C)C[C@H](C)CC(=O)OC(C)(C)C. The predicted octanol–water partition coefficient (Wildman–Crippen LogP) is 5.42. The van der Waals surface area contributed by atoms with Crippen molar-refractivity contribution in [3.63, 3.8) is 0 Å². The maximum atomic E-state index is 12.1. The molecule has 0 radical (unpaired) electrons. The van der Waals surface area contributed by atoms with E-state index in [1.54, 1.807) is 7.11 Å². The Balaban J connectivity index is 4.89. The van der Waals surface area contributed by atoms with Crippen LogP contribution in [0, 0.1) is 29.6 Å². The Bertz CT molecular complexity index is 642. The van der Waals surface area contributed by atoms with Gasteiger partial charge in [-0.25, -0.2) is 0 Å². The molecule has 8 heteroatoms. The Morgan fingerprint density at radius 1 is 0.879 bits per heavy atom. The summed E-state index contributed by atoms with van der Waals surface area (Å²) < 4.78 is 45.2. The van der Waals surface area contributed by atoms with E-state index in [2.05, 4.69) is 34.6 Å². The number of ether oxygens (including phenoxy) is 3. The lowest BCUT2D eigenvalue weighted by atomic mass is 9.80. The van der Waals surface area contributed by atoms with Crippen molar-refractivity contribution in [2.45, 2.75) is 99.2 Å². The molecule has 0 fully saturated rings. The second-order valence-electron chi connectivity index (χ2n) is 11.1. The molecule has 7 nitrogen and oxygen atoms in total. The molecule has 33 heavy (non-hydrogen) atoms. The minimum absolute atomic E-state index is 0.0652. The Morgan fingerprint density at radius 2 is 1.42 bits per heavy atom. The summed E-state index contributed by atoms with van der Waals surface area (Å²) in [4.78, 5) is 12.1. The smallest absolute Gasteiger partial charge is 0.306 e.